The molecule has 1 rings (SSSR count). The van der Waals surface area contributed by atoms with Crippen LogP contribution in [0.15, 0.2) is 22.7 Å². The molecule has 0 aliphatic heterocycles. The molecule has 0 fully saturated rings. The number of nitrogens with zero attached hydrogens (tertiary/aromatic N) is 1. The fourth-order valence-corrected chi connectivity index (χ4v) is 2.08. The van der Waals surface area contributed by atoms with Crippen molar-refractivity contribution in [2.75, 3.05) is 25.4 Å². The van der Waals surface area contributed by atoms with E-state index in [4.69, 9.17) is 5.73 Å². The number of benzene rings is 1. The van der Waals surface area contributed by atoms with Crippen LogP contribution in [0.25, 0.3) is 0 Å². The molecule has 2 amide bonds. The van der Waals surface area contributed by atoms with Crippen LogP contribution in [0, 0.1) is 0 Å². The lowest BCUT2D eigenvalue weighted by atomic mass is 10.2. The lowest BCUT2D eigenvalue weighted by Crippen LogP contribution is -2.40. The van der Waals surface area contributed by atoms with Crippen molar-refractivity contribution < 1.29 is 9.59 Å². The number of nitrogens with two attached hydrogens (primary N) is 1. The Balaban J connectivity index is 2.65. The van der Waals surface area contributed by atoms with E-state index in [1.165, 1.54) is 0 Å². The summed E-state index contributed by atoms with van der Waals surface area (Å²) in [5, 5.41) is 2.60. The summed E-state index contributed by atoms with van der Waals surface area (Å²) in [4.78, 5) is 25.4. The van der Waals surface area contributed by atoms with Crippen molar-refractivity contribution in [1.82, 2.24) is 10.2 Å². The minimum Gasteiger partial charge on any atom is -0.399 e. The highest BCUT2D eigenvalue weighted by atomic mass is 79.9. The zero-order valence-corrected chi connectivity index (χ0v) is 12.7. The monoisotopic (exact) mass is 327 g/mol. The zero-order valence-electron chi connectivity index (χ0n) is 11.1. The van der Waals surface area contributed by atoms with Gasteiger partial charge in [-0.15, -0.1) is 0 Å². The van der Waals surface area contributed by atoms with Crippen LogP contribution in [-0.2, 0) is 4.79 Å². The third-order valence-corrected chi connectivity index (χ3v) is 3.44. The van der Waals surface area contributed by atoms with E-state index < -0.39 is 0 Å². The quantitative estimate of drug-likeness (QED) is 0.807. The minimum absolute atomic E-state index is 0.0122. The predicted molar refractivity (Wildman–Crippen MR) is 78.8 cm³/mol. The SMILES string of the molecule is CCN(CC)C(=O)CNC(=O)c1cc(N)ccc1Br. The third kappa shape index (κ3) is 4.24. The molecule has 19 heavy (non-hydrogen) atoms. The first kappa shape index (κ1) is 15.5. The van der Waals surface area contributed by atoms with Crippen molar-refractivity contribution in [2.24, 2.45) is 0 Å². The van der Waals surface area contributed by atoms with E-state index >= 15 is 0 Å². The number of nitrogens with one attached hydrogen (secondary N) is 1. The number of hydrogen-bond acceptors (Lipinski definition) is 3. The molecule has 0 aliphatic carbocycles. The minimum atomic E-state index is -0.320. The van der Waals surface area contributed by atoms with E-state index in [1.54, 1.807) is 23.1 Å². The normalized spacial score (nSPS) is 10.1. The average molecular weight is 328 g/mol. The van der Waals surface area contributed by atoms with Crippen LogP contribution < -0.4 is 11.1 Å². The number of anilines is 1. The summed E-state index contributed by atoms with van der Waals surface area (Å²) in [5.41, 5.74) is 6.56. The highest BCUT2D eigenvalue weighted by Crippen LogP contribution is 2.19. The number of rotatable bonds is 5. The van der Waals surface area contributed by atoms with Gasteiger partial charge in [0, 0.05) is 23.2 Å². The van der Waals surface area contributed by atoms with Crippen LogP contribution in [0.5, 0.6) is 0 Å². The van der Waals surface area contributed by atoms with Crippen LogP contribution in [-0.4, -0.2) is 36.3 Å². The van der Waals surface area contributed by atoms with Crippen LogP contribution in [0.1, 0.15) is 24.2 Å². The predicted octanol–water partition coefficient (Wildman–Crippen LogP) is 1.63. The van der Waals surface area contributed by atoms with Crippen LogP contribution >= 0.6 is 15.9 Å². The largest absolute Gasteiger partial charge is 0.399 e. The van der Waals surface area contributed by atoms with Crippen molar-refractivity contribution in [1.29, 1.82) is 0 Å². The molecular formula is C13H18BrN3O2. The van der Waals surface area contributed by atoms with Gasteiger partial charge < -0.3 is 16.0 Å². The summed E-state index contributed by atoms with van der Waals surface area (Å²) in [6.07, 6.45) is 0. The smallest absolute Gasteiger partial charge is 0.252 e. The number of carbonyl (C=O) groups is 2. The maximum atomic E-state index is 12.0. The molecule has 0 bridgehead atoms. The van der Waals surface area contributed by atoms with Gasteiger partial charge in [0.1, 0.15) is 0 Å². The highest BCUT2D eigenvalue weighted by molar-refractivity contribution is 9.10. The van der Waals surface area contributed by atoms with Crippen molar-refractivity contribution in [3.05, 3.63) is 28.2 Å². The number of carbonyl (C=O) groups excluding carboxylic acids is 2. The maximum Gasteiger partial charge on any atom is 0.252 e. The molecule has 0 aromatic heterocycles. The van der Waals surface area contributed by atoms with Crippen molar-refractivity contribution in [2.45, 2.75) is 13.8 Å². The first-order valence-corrected chi connectivity index (χ1v) is 6.89. The molecule has 0 unspecified atom stereocenters. The molecule has 0 aliphatic rings. The molecule has 0 spiro atoms. The van der Waals surface area contributed by atoms with Gasteiger partial charge in [0.15, 0.2) is 0 Å². The molecule has 6 heteroatoms. The first-order valence-electron chi connectivity index (χ1n) is 6.10. The molecule has 1 aromatic carbocycles. The second-order valence-electron chi connectivity index (χ2n) is 3.99. The van der Waals surface area contributed by atoms with Gasteiger partial charge in [0.25, 0.3) is 5.91 Å². The summed E-state index contributed by atoms with van der Waals surface area (Å²) >= 11 is 3.28. The number of amides is 2. The third-order valence-electron chi connectivity index (χ3n) is 2.75. The van der Waals surface area contributed by atoms with E-state index in [0.717, 1.165) is 0 Å². The van der Waals surface area contributed by atoms with Gasteiger partial charge in [-0.2, -0.15) is 0 Å². The second-order valence-corrected chi connectivity index (χ2v) is 4.84. The van der Waals surface area contributed by atoms with Gasteiger partial charge >= 0.3 is 0 Å². The van der Waals surface area contributed by atoms with E-state index in [1.807, 2.05) is 13.8 Å². The Morgan fingerprint density at radius 3 is 2.53 bits per heavy atom. The topological polar surface area (TPSA) is 75.4 Å². The molecule has 3 N–H and O–H groups in total. The van der Waals surface area contributed by atoms with E-state index in [-0.39, 0.29) is 18.4 Å². The van der Waals surface area contributed by atoms with Crippen molar-refractivity contribution in [3.63, 3.8) is 0 Å². The van der Waals surface area contributed by atoms with E-state index in [0.29, 0.717) is 28.8 Å². The fraction of sp³-hybridized carbons (Fsp3) is 0.385. The van der Waals surface area contributed by atoms with Gasteiger partial charge in [0.05, 0.1) is 12.1 Å². The Morgan fingerprint density at radius 1 is 1.32 bits per heavy atom. The lowest BCUT2D eigenvalue weighted by molar-refractivity contribution is -0.129. The van der Waals surface area contributed by atoms with Crippen LogP contribution in [0.3, 0.4) is 0 Å². The van der Waals surface area contributed by atoms with Gasteiger partial charge in [-0.1, -0.05) is 0 Å². The van der Waals surface area contributed by atoms with Gasteiger partial charge in [0.2, 0.25) is 5.91 Å². The van der Waals surface area contributed by atoms with Gasteiger partial charge in [-0.05, 0) is 48.0 Å². The van der Waals surface area contributed by atoms with Crippen molar-refractivity contribution in [3.8, 4) is 0 Å². The summed E-state index contributed by atoms with van der Waals surface area (Å²) in [6.45, 7) is 5.05. The summed E-state index contributed by atoms with van der Waals surface area (Å²) in [6, 6.07) is 4.97. The van der Waals surface area contributed by atoms with Gasteiger partial charge in [-0.25, -0.2) is 0 Å². The summed E-state index contributed by atoms with van der Waals surface area (Å²) in [5.74, 6) is -0.418. The number of nitrogen functional groups attached to an aromatic ring is 1. The number of likely N-dealkylation sites (N-methyl/N-ethyl adjacent to an activating group) is 1. The first-order chi connectivity index (χ1) is 8.99. The summed E-state index contributed by atoms with van der Waals surface area (Å²) < 4.78 is 0.648. The molecule has 0 saturated heterocycles. The number of hydrogen-bond donors (Lipinski definition) is 2. The van der Waals surface area contributed by atoms with Crippen molar-refractivity contribution >= 4 is 33.4 Å². The average Bonchev–Trinajstić information content (AvgIpc) is 2.40. The molecule has 0 atom stereocenters. The van der Waals surface area contributed by atoms with Crippen LogP contribution in [0.2, 0.25) is 0 Å². The Hall–Kier alpha value is -1.56. The number of halogens is 1. The second kappa shape index (κ2) is 7.13. The molecule has 0 radical (unpaired) electrons. The summed E-state index contributed by atoms with van der Waals surface area (Å²) in [7, 11) is 0. The lowest BCUT2D eigenvalue weighted by Gasteiger charge is -2.18. The van der Waals surface area contributed by atoms with E-state index in [2.05, 4.69) is 21.2 Å². The molecule has 104 valence electrons. The van der Waals surface area contributed by atoms with Crippen LogP contribution in [0.4, 0.5) is 5.69 Å². The Bertz CT molecular complexity index is 473. The molecule has 5 nitrogen and oxygen atoms in total. The molecule has 0 heterocycles. The fourth-order valence-electron chi connectivity index (χ4n) is 1.66. The Labute approximate surface area is 121 Å². The molecular weight excluding hydrogens is 310 g/mol. The van der Waals surface area contributed by atoms with E-state index in [9.17, 15) is 9.59 Å². The maximum absolute atomic E-state index is 12.0. The molecule has 0 saturated carbocycles. The molecule has 1 aromatic rings. The zero-order chi connectivity index (χ0) is 14.4. The Kier molecular flexibility index (Phi) is 5.82. The Morgan fingerprint density at radius 2 is 1.95 bits per heavy atom. The standard InChI is InChI=1S/C13H18BrN3O2/c1-3-17(4-2)12(18)8-16-13(19)10-7-9(15)5-6-11(10)14/h5-7H,3-4,8,15H2,1-2H3,(H,16,19). The van der Waals surface area contributed by atoms with Gasteiger partial charge in [-0.3, -0.25) is 9.59 Å². The highest BCUT2D eigenvalue weighted by Gasteiger charge is 2.14.